The van der Waals surface area contributed by atoms with Gasteiger partial charge >= 0.3 is 0 Å². The predicted molar refractivity (Wildman–Crippen MR) is 92.0 cm³/mol. The molecule has 2 aromatic carbocycles. The van der Waals surface area contributed by atoms with Crippen molar-refractivity contribution in [3.8, 4) is 5.75 Å². The molecule has 3 nitrogen and oxygen atoms in total. The molecule has 4 heteroatoms. The molecule has 0 radical (unpaired) electrons. The molecule has 2 rings (SSSR count). The fourth-order valence-electron chi connectivity index (χ4n) is 2.22. The number of para-hydroxylation sites is 1. The highest BCUT2D eigenvalue weighted by Crippen LogP contribution is 2.24. The molecule has 0 bridgehead atoms. The van der Waals surface area contributed by atoms with Crippen molar-refractivity contribution in [2.45, 2.75) is 25.7 Å². The Kier molecular flexibility index (Phi) is 5.24. The second-order valence-electron chi connectivity index (χ2n) is 5.97. The minimum atomic E-state index is -0.158. The van der Waals surface area contributed by atoms with Crippen LogP contribution in [0.25, 0.3) is 0 Å². The maximum absolute atomic E-state index is 12.1. The van der Waals surface area contributed by atoms with Gasteiger partial charge in [0, 0.05) is 22.0 Å². The van der Waals surface area contributed by atoms with E-state index in [-0.39, 0.29) is 23.5 Å². The van der Waals surface area contributed by atoms with Gasteiger partial charge in [0.05, 0.1) is 6.42 Å². The molecule has 0 unspecified atom stereocenters. The monoisotopic (exact) mass is 361 g/mol. The van der Waals surface area contributed by atoms with E-state index in [1.165, 1.54) is 5.56 Å². The first kappa shape index (κ1) is 16.6. The lowest BCUT2D eigenvalue weighted by atomic mass is 9.84. The van der Waals surface area contributed by atoms with E-state index in [1.807, 2.05) is 18.2 Å². The van der Waals surface area contributed by atoms with Gasteiger partial charge in [-0.15, -0.1) is 0 Å². The van der Waals surface area contributed by atoms with Crippen molar-refractivity contribution in [1.82, 2.24) is 5.32 Å². The van der Waals surface area contributed by atoms with Gasteiger partial charge in [-0.2, -0.15) is 0 Å². The fourth-order valence-corrected chi connectivity index (χ4v) is 2.48. The van der Waals surface area contributed by atoms with E-state index in [2.05, 4.69) is 47.2 Å². The third-order valence-corrected chi connectivity index (χ3v) is 4.22. The summed E-state index contributed by atoms with van der Waals surface area (Å²) in [7, 11) is 0. The quantitative estimate of drug-likeness (QED) is 0.850. The number of phenols is 1. The number of hydrogen-bond acceptors (Lipinski definition) is 2. The lowest BCUT2D eigenvalue weighted by Crippen LogP contribution is -2.37. The Hall–Kier alpha value is -1.81. The van der Waals surface area contributed by atoms with Crippen molar-refractivity contribution in [2.75, 3.05) is 6.54 Å². The number of carbonyl (C=O) groups excluding carboxylic acids is 1. The topological polar surface area (TPSA) is 49.3 Å². The molecule has 0 atom stereocenters. The number of nitrogens with one attached hydrogen (secondary N) is 1. The fraction of sp³-hybridized carbons (Fsp3) is 0.278. The zero-order valence-corrected chi connectivity index (χ0v) is 14.4. The van der Waals surface area contributed by atoms with Crippen molar-refractivity contribution >= 4 is 21.8 Å². The van der Waals surface area contributed by atoms with Crippen LogP contribution in [0.3, 0.4) is 0 Å². The molecule has 22 heavy (non-hydrogen) atoms. The number of rotatable bonds is 5. The van der Waals surface area contributed by atoms with E-state index in [4.69, 9.17) is 0 Å². The Morgan fingerprint density at radius 3 is 2.41 bits per heavy atom. The molecule has 1 amide bonds. The number of hydrogen-bond donors (Lipinski definition) is 2. The zero-order valence-electron chi connectivity index (χ0n) is 12.8. The van der Waals surface area contributed by atoms with E-state index in [1.54, 1.807) is 18.2 Å². The van der Waals surface area contributed by atoms with E-state index in [0.29, 0.717) is 12.1 Å². The molecule has 2 aromatic rings. The van der Waals surface area contributed by atoms with Crippen LogP contribution in [0.2, 0.25) is 0 Å². The van der Waals surface area contributed by atoms with Crippen LogP contribution in [-0.2, 0) is 16.6 Å². The molecule has 0 aliphatic carbocycles. The van der Waals surface area contributed by atoms with Crippen molar-refractivity contribution in [2.24, 2.45) is 0 Å². The highest BCUT2D eigenvalue weighted by atomic mass is 79.9. The molecule has 0 saturated carbocycles. The zero-order chi connectivity index (χ0) is 16.2. The first-order valence-corrected chi connectivity index (χ1v) is 7.97. The van der Waals surface area contributed by atoms with E-state index >= 15 is 0 Å². The molecule has 0 saturated heterocycles. The number of carbonyl (C=O) groups is 1. The van der Waals surface area contributed by atoms with Crippen LogP contribution in [0.1, 0.15) is 25.0 Å². The molecule has 0 fully saturated rings. The lowest BCUT2D eigenvalue weighted by Gasteiger charge is -2.25. The smallest absolute Gasteiger partial charge is 0.224 e. The van der Waals surface area contributed by atoms with Gasteiger partial charge in [-0.1, -0.05) is 60.1 Å². The minimum absolute atomic E-state index is 0.0910. The predicted octanol–water partition coefficient (Wildman–Crippen LogP) is 3.79. The largest absolute Gasteiger partial charge is 0.508 e. The summed E-state index contributed by atoms with van der Waals surface area (Å²) < 4.78 is 1.04. The van der Waals surface area contributed by atoms with Crippen molar-refractivity contribution < 1.29 is 9.90 Å². The summed E-state index contributed by atoms with van der Waals surface area (Å²) in [4.78, 5) is 12.1. The summed E-state index contributed by atoms with van der Waals surface area (Å²) >= 11 is 3.42. The van der Waals surface area contributed by atoms with Gasteiger partial charge in [0.25, 0.3) is 0 Å². The van der Waals surface area contributed by atoms with Crippen LogP contribution in [0.15, 0.2) is 53.0 Å². The number of phenolic OH excluding ortho intramolecular Hbond substituents is 1. The first-order valence-electron chi connectivity index (χ1n) is 7.18. The molecular weight excluding hydrogens is 342 g/mol. The maximum atomic E-state index is 12.1. The maximum Gasteiger partial charge on any atom is 0.224 e. The average Bonchev–Trinajstić information content (AvgIpc) is 2.48. The molecular formula is C18H20BrNO2. The average molecular weight is 362 g/mol. The molecule has 0 aliphatic rings. The van der Waals surface area contributed by atoms with Gasteiger partial charge in [0.1, 0.15) is 5.75 Å². The first-order chi connectivity index (χ1) is 10.4. The Labute approximate surface area is 139 Å². The van der Waals surface area contributed by atoms with E-state index in [0.717, 1.165) is 4.47 Å². The second kappa shape index (κ2) is 6.97. The summed E-state index contributed by atoms with van der Waals surface area (Å²) in [5.74, 6) is 0.0662. The van der Waals surface area contributed by atoms with Crippen molar-refractivity contribution in [3.05, 3.63) is 64.1 Å². The third-order valence-electron chi connectivity index (χ3n) is 3.70. The second-order valence-corrected chi connectivity index (χ2v) is 6.89. The molecule has 2 N–H and O–H groups in total. The van der Waals surface area contributed by atoms with Crippen molar-refractivity contribution in [3.63, 3.8) is 0 Å². The Balaban J connectivity index is 1.95. The third kappa shape index (κ3) is 4.34. The molecule has 116 valence electrons. The summed E-state index contributed by atoms with van der Waals surface area (Å²) in [6.07, 6.45) is 0.184. The van der Waals surface area contributed by atoms with Crippen LogP contribution in [0.5, 0.6) is 5.75 Å². The molecule has 0 aromatic heterocycles. The lowest BCUT2D eigenvalue weighted by molar-refractivity contribution is -0.120. The van der Waals surface area contributed by atoms with Gasteiger partial charge in [-0.3, -0.25) is 4.79 Å². The summed E-state index contributed by atoms with van der Waals surface area (Å²) in [6.45, 7) is 4.73. The Morgan fingerprint density at radius 2 is 1.77 bits per heavy atom. The van der Waals surface area contributed by atoms with Crippen LogP contribution in [-0.4, -0.2) is 17.6 Å². The number of aromatic hydroxyl groups is 1. The standard InChI is InChI=1S/C18H20BrNO2/c1-18(2,14-7-9-15(19)10-8-14)12-20-17(22)11-13-5-3-4-6-16(13)21/h3-10,21H,11-12H2,1-2H3,(H,20,22). The number of halogens is 1. The van der Waals surface area contributed by atoms with Gasteiger partial charge < -0.3 is 10.4 Å². The summed E-state index contributed by atoms with van der Waals surface area (Å²) in [5, 5.41) is 12.7. The normalized spacial score (nSPS) is 11.2. The minimum Gasteiger partial charge on any atom is -0.508 e. The van der Waals surface area contributed by atoms with Gasteiger partial charge in [0.2, 0.25) is 5.91 Å². The van der Waals surface area contributed by atoms with Crippen LogP contribution < -0.4 is 5.32 Å². The van der Waals surface area contributed by atoms with E-state index < -0.39 is 0 Å². The number of benzene rings is 2. The van der Waals surface area contributed by atoms with Crippen LogP contribution >= 0.6 is 15.9 Å². The molecule has 0 aliphatic heterocycles. The Morgan fingerprint density at radius 1 is 1.14 bits per heavy atom. The highest BCUT2D eigenvalue weighted by molar-refractivity contribution is 9.10. The van der Waals surface area contributed by atoms with E-state index in [9.17, 15) is 9.90 Å². The van der Waals surface area contributed by atoms with Crippen molar-refractivity contribution in [1.29, 1.82) is 0 Å². The van der Waals surface area contributed by atoms with Gasteiger partial charge in [-0.05, 0) is 23.8 Å². The summed E-state index contributed by atoms with van der Waals surface area (Å²) in [6, 6.07) is 15.0. The summed E-state index contributed by atoms with van der Waals surface area (Å²) in [5.41, 5.74) is 1.65. The van der Waals surface area contributed by atoms with Crippen LogP contribution in [0, 0.1) is 0 Å². The Bertz CT molecular complexity index is 650. The highest BCUT2D eigenvalue weighted by Gasteiger charge is 2.21. The molecule has 0 heterocycles. The van der Waals surface area contributed by atoms with Gasteiger partial charge in [-0.25, -0.2) is 0 Å². The molecule has 0 spiro atoms. The van der Waals surface area contributed by atoms with Gasteiger partial charge in [0.15, 0.2) is 0 Å². The number of amides is 1. The SMILES string of the molecule is CC(C)(CNC(=O)Cc1ccccc1O)c1ccc(Br)cc1. The van der Waals surface area contributed by atoms with Crippen LogP contribution in [0.4, 0.5) is 0 Å².